The van der Waals surface area contributed by atoms with Crippen molar-refractivity contribution in [2.24, 2.45) is 0 Å². The number of anilines is 3. The number of amides is 1. The van der Waals surface area contributed by atoms with Crippen molar-refractivity contribution in [3.63, 3.8) is 0 Å². The molecule has 0 aliphatic carbocycles. The van der Waals surface area contributed by atoms with Crippen LogP contribution in [0.4, 0.5) is 17.2 Å². The normalized spacial score (nSPS) is 10.2. The van der Waals surface area contributed by atoms with Crippen molar-refractivity contribution in [1.29, 1.82) is 0 Å². The summed E-state index contributed by atoms with van der Waals surface area (Å²) in [7, 11) is 0. The molecule has 6 heteroatoms. The van der Waals surface area contributed by atoms with Crippen LogP contribution in [0.5, 0.6) is 0 Å². The number of carbonyl (C=O) groups excluding carboxylic acids is 1. The summed E-state index contributed by atoms with van der Waals surface area (Å²) < 4.78 is 0. The van der Waals surface area contributed by atoms with E-state index in [9.17, 15) is 4.79 Å². The van der Waals surface area contributed by atoms with Crippen molar-refractivity contribution in [3.05, 3.63) is 71.9 Å². The lowest BCUT2D eigenvalue weighted by Crippen LogP contribution is -2.15. The molecule has 2 heterocycles. The number of hydrogen-bond donors (Lipinski definition) is 2. The fraction of sp³-hybridized carbons (Fsp3) is 0.111. The summed E-state index contributed by atoms with van der Waals surface area (Å²) in [5.41, 5.74) is 3.72. The van der Waals surface area contributed by atoms with E-state index in [-0.39, 0.29) is 5.91 Å². The van der Waals surface area contributed by atoms with Gasteiger partial charge in [0.1, 0.15) is 6.33 Å². The van der Waals surface area contributed by atoms with Crippen molar-refractivity contribution in [1.82, 2.24) is 15.0 Å². The molecule has 0 radical (unpaired) electrons. The molecule has 0 spiro atoms. The lowest BCUT2D eigenvalue weighted by atomic mass is 10.2. The van der Waals surface area contributed by atoms with Crippen LogP contribution < -0.4 is 10.6 Å². The summed E-state index contributed by atoms with van der Waals surface area (Å²) >= 11 is 0. The van der Waals surface area contributed by atoms with E-state index >= 15 is 0 Å². The Kier molecular flexibility index (Phi) is 4.47. The third-order valence-electron chi connectivity index (χ3n) is 3.53. The highest BCUT2D eigenvalue weighted by Gasteiger charge is 2.13. The second-order valence-electron chi connectivity index (χ2n) is 5.37. The number of pyridine rings is 1. The van der Waals surface area contributed by atoms with Gasteiger partial charge in [-0.2, -0.15) is 0 Å². The molecule has 1 amide bonds. The highest BCUT2D eigenvalue weighted by Crippen LogP contribution is 2.23. The molecule has 0 saturated carbocycles. The van der Waals surface area contributed by atoms with Gasteiger partial charge in [-0.25, -0.2) is 15.0 Å². The zero-order valence-corrected chi connectivity index (χ0v) is 13.4. The second kappa shape index (κ2) is 6.87. The van der Waals surface area contributed by atoms with Gasteiger partial charge in [0.15, 0.2) is 5.82 Å². The van der Waals surface area contributed by atoms with E-state index in [1.807, 2.05) is 31.2 Å². The van der Waals surface area contributed by atoms with Crippen LogP contribution in [0, 0.1) is 13.8 Å². The Morgan fingerprint density at radius 2 is 1.83 bits per heavy atom. The third-order valence-corrected chi connectivity index (χ3v) is 3.53. The van der Waals surface area contributed by atoms with E-state index in [2.05, 4.69) is 25.6 Å². The molecule has 3 aromatic rings. The van der Waals surface area contributed by atoms with Gasteiger partial charge in [-0.05, 0) is 38.1 Å². The molecule has 0 saturated heterocycles. The number of aryl methyl sites for hydroxylation is 2. The number of nitrogens with zero attached hydrogens (tertiary/aromatic N) is 3. The fourth-order valence-electron chi connectivity index (χ4n) is 2.18. The predicted octanol–water partition coefficient (Wildman–Crippen LogP) is 3.48. The van der Waals surface area contributed by atoms with Crippen molar-refractivity contribution in [2.75, 3.05) is 10.6 Å². The van der Waals surface area contributed by atoms with Gasteiger partial charge in [0, 0.05) is 18.1 Å². The molecule has 6 nitrogen and oxygen atoms in total. The molecule has 120 valence electrons. The SMILES string of the molecule is Cc1ccc(Nc2ncccc2NC(=O)c2cncnc2C)cc1. The molecule has 0 unspecified atom stereocenters. The summed E-state index contributed by atoms with van der Waals surface area (Å²) in [6.45, 7) is 3.80. The Hall–Kier alpha value is -3.28. The van der Waals surface area contributed by atoms with E-state index in [4.69, 9.17) is 0 Å². The van der Waals surface area contributed by atoms with Crippen molar-refractivity contribution in [2.45, 2.75) is 13.8 Å². The first-order valence-corrected chi connectivity index (χ1v) is 7.50. The van der Waals surface area contributed by atoms with Crippen LogP contribution in [0.2, 0.25) is 0 Å². The summed E-state index contributed by atoms with van der Waals surface area (Å²) in [6, 6.07) is 11.5. The van der Waals surface area contributed by atoms with Crippen LogP contribution >= 0.6 is 0 Å². The van der Waals surface area contributed by atoms with Gasteiger partial charge < -0.3 is 10.6 Å². The van der Waals surface area contributed by atoms with Crippen molar-refractivity contribution >= 4 is 23.1 Å². The maximum Gasteiger partial charge on any atom is 0.259 e. The maximum absolute atomic E-state index is 12.4. The highest BCUT2D eigenvalue weighted by atomic mass is 16.1. The maximum atomic E-state index is 12.4. The van der Waals surface area contributed by atoms with Crippen LogP contribution in [0.3, 0.4) is 0 Å². The first-order chi connectivity index (χ1) is 11.6. The molecule has 0 aliphatic rings. The highest BCUT2D eigenvalue weighted by molar-refractivity contribution is 6.06. The smallest absolute Gasteiger partial charge is 0.259 e. The Bertz CT molecular complexity index is 861. The largest absolute Gasteiger partial charge is 0.338 e. The van der Waals surface area contributed by atoms with Crippen molar-refractivity contribution < 1.29 is 4.79 Å². The number of benzene rings is 1. The standard InChI is InChI=1S/C18H17N5O/c1-12-5-7-14(8-6-12)22-17-16(4-3-9-20-17)23-18(24)15-10-19-11-21-13(15)2/h3-11H,1-2H3,(H,20,22)(H,23,24). The topological polar surface area (TPSA) is 79.8 Å². The predicted molar refractivity (Wildman–Crippen MR) is 93.4 cm³/mol. The summed E-state index contributed by atoms with van der Waals surface area (Å²) in [5, 5.41) is 6.07. The van der Waals surface area contributed by atoms with Crippen LogP contribution in [0.25, 0.3) is 0 Å². The first-order valence-electron chi connectivity index (χ1n) is 7.50. The summed E-state index contributed by atoms with van der Waals surface area (Å²) in [6.07, 6.45) is 4.59. The molecular weight excluding hydrogens is 302 g/mol. The van der Waals surface area contributed by atoms with Crippen LogP contribution in [0.15, 0.2) is 55.1 Å². The lowest BCUT2D eigenvalue weighted by molar-refractivity contribution is 0.102. The van der Waals surface area contributed by atoms with Gasteiger partial charge >= 0.3 is 0 Å². The molecule has 2 aromatic heterocycles. The average molecular weight is 319 g/mol. The second-order valence-corrected chi connectivity index (χ2v) is 5.37. The molecule has 0 bridgehead atoms. The lowest BCUT2D eigenvalue weighted by Gasteiger charge is -2.12. The molecule has 1 aromatic carbocycles. The molecule has 0 atom stereocenters. The summed E-state index contributed by atoms with van der Waals surface area (Å²) in [5.74, 6) is 0.303. The number of aromatic nitrogens is 3. The first kappa shape index (κ1) is 15.6. The minimum absolute atomic E-state index is 0.270. The van der Waals surface area contributed by atoms with Gasteiger partial charge in [0.05, 0.1) is 16.9 Å². The van der Waals surface area contributed by atoms with E-state index in [1.54, 1.807) is 25.3 Å². The molecule has 2 N–H and O–H groups in total. The molecule has 0 fully saturated rings. The number of hydrogen-bond acceptors (Lipinski definition) is 5. The molecule has 24 heavy (non-hydrogen) atoms. The number of rotatable bonds is 4. The molecule has 3 rings (SSSR count). The van der Waals surface area contributed by atoms with Crippen LogP contribution in [-0.4, -0.2) is 20.9 Å². The zero-order chi connectivity index (χ0) is 16.9. The minimum Gasteiger partial charge on any atom is -0.338 e. The van der Waals surface area contributed by atoms with E-state index < -0.39 is 0 Å². The Morgan fingerprint density at radius 1 is 1.04 bits per heavy atom. The number of carbonyl (C=O) groups is 1. The Balaban J connectivity index is 1.83. The number of nitrogens with one attached hydrogen (secondary N) is 2. The molecule has 0 aliphatic heterocycles. The molecular formula is C18H17N5O. The van der Waals surface area contributed by atoms with Crippen molar-refractivity contribution in [3.8, 4) is 0 Å². The van der Waals surface area contributed by atoms with Crippen LogP contribution in [0.1, 0.15) is 21.6 Å². The zero-order valence-electron chi connectivity index (χ0n) is 13.4. The third kappa shape index (κ3) is 3.55. The Labute approximate surface area is 140 Å². The van der Waals surface area contributed by atoms with Gasteiger partial charge in [-0.1, -0.05) is 17.7 Å². The van der Waals surface area contributed by atoms with E-state index in [0.717, 1.165) is 5.69 Å². The van der Waals surface area contributed by atoms with Gasteiger partial charge in [0.25, 0.3) is 5.91 Å². The monoisotopic (exact) mass is 319 g/mol. The minimum atomic E-state index is -0.270. The van der Waals surface area contributed by atoms with Gasteiger partial charge in [-0.15, -0.1) is 0 Å². The summed E-state index contributed by atoms with van der Waals surface area (Å²) in [4.78, 5) is 24.7. The van der Waals surface area contributed by atoms with Crippen LogP contribution in [-0.2, 0) is 0 Å². The Morgan fingerprint density at radius 3 is 2.58 bits per heavy atom. The van der Waals surface area contributed by atoms with E-state index in [1.165, 1.54) is 18.1 Å². The van der Waals surface area contributed by atoms with Gasteiger partial charge in [0.2, 0.25) is 0 Å². The average Bonchev–Trinajstić information content (AvgIpc) is 2.59. The van der Waals surface area contributed by atoms with E-state index in [0.29, 0.717) is 22.8 Å². The quantitative estimate of drug-likeness (QED) is 0.769. The fourth-order valence-corrected chi connectivity index (χ4v) is 2.18. The van der Waals surface area contributed by atoms with Gasteiger partial charge in [-0.3, -0.25) is 4.79 Å².